The summed E-state index contributed by atoms with van der Waals surface area (Å²) in [5.41, 5.74) is 1.10. The van der Waals surface area contributed by atoms with Crippen LogP contribution in [-0.2, 0) is 9.59 Å². The molecular formula is C16H20ClN3O2. The van der Waals surface area contributed by atoms with Gasteiger partial charge in [0.05, 0.1) is 5.92 Å². The van der Waals surface area contributed by atoms with Crippen molar-refractivity contribution in [2.45, 2.75) is 6.92 Å². The number of carbonyl (C=O) groups excluding carboxylic acids is 2. The molecule has 1 aromatic carbocycles. The molecule has 0 saturated carbocycles. The van der Waals surface area contributed by atoms with Gasteiger partial charge in [-0.2, -0.15) is 0 Å². The molecular weight excluding hydrogens is 302 g/mol. The second-order valence-electron chi connectivity index (χ2n) is 5.91. The fourth-order valence-corrected chi connectivity index (χ4v) is 3.19. The van der Waals surface area contributed by atoms with Crippen molar-refractivity contribution >= 4 is 29.1 Å². The van der Waals surface area contributed by atoms with Gasteiger partial charge in [0.25, 0.3) is 0 Å². The lowest BCUT2D eigenvalue weighted by molar-refractivity contribution is -0.147. The fourth-order valence-electron chi connectivity index (χ4n) is 3.01. The molecule has 0 radical (unpaired) electrons. The molecule has 5 nitrogen and oxygen atoms in total. The topological polar surface area (TPSA) is 43.9 Å². The minimum absolute atomic E-state index is 0.0124. The molecule has 2 fully saturated rings. The van der Waals surface area contributed by atoms with E-state index in [1.165, 1.54) is 0 Å². The predicted molar refractivity (Wildman–Crippen MR) is 86.0 cm³/mol. The first-order chi connectivity index (χ1) is 10.5. The second kappa shape index (κ2) is 6.16. The van der Waals surface area contributed by atoms with Crippen LogP contribution in [0.1, 0.15) is 6.92 Å². The fraction of sp³-hybridized carbons (Fsp3) is 0.500. The van der Waals surface area contributed by atoms with Crippen LogP contribution in [0.3, 0.4) is 0 Å². The molecule has 2 heterocycles. The first-order valence-corrected chi connectivity index (χ1v) is 7.97. The van der Waals surface area contributed by atoms with Gasteiger partial charge in [-0.15, -0.1) is 0 Å². The van der Waals surface area contributed by atoms with Gasteiger partial charge in [-0.3, -0.25) is 9.59 Å². The van der Waals surface area contributed by atoms with E-state index < -0.39 is 0 Å². The molecule has 0 unspecified atom stereocenters. The molecule has 22 heavy (non-hydrogen) atoms. The first-order valence-electron chi connectivity index (χ1n) is 7.59. The van der Waals surface area contributed by atoms with Crippen LogP contribution < -0.4 is 4.90 Å². The van der Waals surface area contributed by atoms with E-state index in [2.05, 4.69) is 4.90 Å². The molecule has 3 rings (SSSR count). The van der Waals surface area contributed by atoms with Gasteiger partial charge in [0.15, 0.2) is 0 Å². The number of nitrogens with zero attached hydrogens (tertiary/aromatic N) is 3. The molecule has 0 bridgehead atoms. The highest BCUT2D eigenvalue weighted by molar-refractivity contribution is 6.30. The third-order valence-electron chi connectivity index (χ3n) is 4.44. The zero-order valence-electron chi connectivity index (χ0n) is 12.7. The standard InChI is InChI=1S/C16H20ClN3O2/c1-12(21)20-10-13(11-20)16(22)19-7-5-18(6-8-19)15-4-2-3-14(17)9-15/h2-4,9,13H,5-8,10-11H2,1H3. The highest BCUT2D eigenvalue weighted by Gasteiger charge is 2.37. The summed E-state index contributed by atoms with van der Waals surface area (Å²) in [5, 5.41) is 0.731. The van der Waals surface area contributed by atoms with Crippen molar-refractivity contribution in [3.8, 4) is 0 Å². The van der Waals surface area contributed by atoms with Crippen LogP contribution in [0, 0.1) is 5.92 Å². The van der Waals surface area contributed by atoms with E-state index in [1.54, 1.807) is 11.8 Å². The SMILES string of the molecule is CC(=O)N1CC(C(=O)N2CCN(c3cccc(Cl)c3)CC2)C1. The molecule has 2 amide bonds. The third kappa shape index (κ3) is 3.04. The Kier molecular flexibility index (Phi) is 4.25. The molecule has 2 aliphatic rings. The highest BCUT2D eigenvalue weighted by atomic mass is 35.5. The average molecular weight is 322 g/mol. The monoisotopic (exact) mass is 321 g/mol. The van der Waals surface area contributed by atoms with Crippen molar-refractivity contribution in [2.24, 2.45) is 5.92 Å². The van der Waals surface area contributed by atoms with Crippen LogP contribution in [0.5, 0.6) is 0 Å². The van der Waals surface area contributed by atoms with Gasteiger partial charge < -0.3 is 14.7 Å². The van der Waals surface area contributed by atoms with E-state index in [0.29, 0.717) is 13.1 Å². The van der Waals surface area contributed by atoms with Crippen molar-refractivity contribution in [2.75, 3.05) is 44.2 Å². The van der Waals surface area contributed by atoms with Crippen LogP contribution in [0.25, 0.3) is 0 Å². The lowest BCUT2D eigenvalue weighted by Gasteiger charge is -2.42. The summed E-state index contributed by atoms with van der Waals surface area (Å²) in [5.74, 6) is 0.222. The second-order valence-corrected chi connectivity index (χ2v) is 6.35. The van der Waals surface area contributed by atoms with Crippen molar-refractivity contribution in [1.82, 2.24) is 9.80 Å². The van der Waals surface area contributed by atoms with E-state index >= 15 is 0 Å². The maximum Gasteiger partial charge on any atom is 0.229 e. The number of hydrogen-bond donors (Lipinski definition) is 0. The Bertz CT molecular complexity index is 579. The van der Waals surface area contributed by atoms with Gasteiger partial charge in [-0.05, 0) is 18.2 Å². The van der Waals surface area contributed by atoms with E-state index in [4.69, 9.17) is 11.6 Å². The zero-order chi connectivity index (χ0) is 15.7. The van der Waals surface area contributed by atoms with E-state index in [0.717, 1.165) is 36.9 Å². The summed E-state index contributed by atoms with van der Waals surface area (Å²) in [6.07, 6.45) is 0. The zero-order valence-corrected chi connectivity index (χ0v) is 13.4. The van der Waals surface area contributed by atoms with E-state index in [1.807, 2.05) is 29.2 Å². The van der Waals surface area contributed by atoms with Gasteiger partial charge in [-0.25, -0.2) is 0 Å². The third-order valence-corrected chi connectivity index (χ3v) is 4.68. The molecule has 1 aromatic rings. The van der Waals surface area contributed by atoms with Crippen LogP contribution in [0.15, 0.2) is 24.3 Å². The highest BCUT2D eigenvalue weighted by Crippen LogP contribution is 2.23. The van der Waals surface area contributed by atoms with Crippen molar-refractivity contribution in [3.05, 3.63) is 29.3 Å². The minimum Gasteiger partial charge on any atom is -0.368 e. The van der Waals surface area contributed by atoms with E-state index in [9.17, 15) is 9.59 Å². The van der Waals surface area contributed by atoms with Crippen LogP contribution in [0.4, 0.5) is 5.69 Å². The van der Waals surface area contributed by atoms with Crippen LogP contribution in [0.2, 0.25) is 5.02 Å². The van der Waals surface area contributed by atoms with Gasteiger partial charge in [0.2, 0.25) is 11.8 Å². The Morgan fingerprint density at radius 2 is 1.77 bits per heavy atom. The van der Waals surface area contributed by atoms with Crippen molar-refractivity contribution < 1.29 is 9.59 Å². The maximum absolute atomic E-state index is 12.4. The van der Waals surface area contributed by atoms with Gasteiger partial charge in [0.1, 0.15) is 0 Å². The molecule has 0 spiro atoms. The number of piperazine rings is 1. The number of amides is 2. The Hall–Kier alpha value is -1.75. The number of likely N-dealkylation sites (tertiary alicyclic amines) is 1. The van der Waals surface area contributed by atoms with Crippen molar-refractivity contribution in [1.29, 1.82) is 0 Å². The Morgan fingerprint density at radius 3 is 2.36 bits per heavy atom. The summed E-state index contributed by atoms with van der Waals surface area (Å²) in [7, 11) is 0. The summed E-state index contributed by atoms with van der Waals surface area (Å²) in [6, 6.07) is 7.80. The lowest BCUT2D eigenvalue weighted by atomic mass is 9.98. The van der Waals surface area contributed by atoms with E-state index in [-0.39, 0.29) is 17.7 Å². The Labute approximate surface area is 135 Å². The molecule has 0 N–H and O–H groups in total. The number of benzene rings is 1. The molecule has 118 valence electrons. The summed E-state index contributed by atoms with van der Waals surface area (Å²) in [4.78, 5) is 29.5. The molecule has 6 heteroatoms. The van der Waals surface area contributed by atoms with Crippen LogP contribution in [-0.4, -0.2) is 60.9 Å². The molecule has 2 saturated heterocycles. The number of halogens is 1. The molecule has 0 aromatic heterocycles. The van der Waals surface area contributed by atoms with Crippen molar-refractivity contribution in [3.63, 3.8) is 0 Å². The van der Waals surface area contributed by atoms with Gasteiger partial charge >= 0.3 is 0 Å². The number of carbonyl (C=O) groups is 2. The average Bonchev–Trinajstić information content (AvgIpc) is 2.45. The quantitative estimate of drug-likeness (QED) is 0.828. The predicted octanol–water partition coefficient (Wildman–Crippen LogP) is 1.47. The Morgan fingerprint density at radius 1 is 1.09 bits per heavy atom. The molecule has 0 atom stereocenters. The summed E-state index contributed by atoms with van der Waals surface area (Å²) >= 11 is 6.03. The maximum atomic E-state index is 12.4. The number of rotatable bonds is 2. The smallest absolute Gasteiger partial charge is 0.229 e. The summed E-state index contributed by atoms with van der Waals surface area (Å²) < 4.78 is 0. The summed E-state index contributed by atoms with van der Waals surface area (Å²) in [6.45, 7) is 5.77. The number of anilines is 1. The van der Waals surface area contributed by atoms with Gasteiger partial charge in [-0.1, -0.05) is 17.7 Å². The lowest BCUT2D eigenvalue weighted by Crippen LogP contribution is -2.58. The normalized spacial score (nSPS) is 19.1. The van der Waals surface area contributed by atoms with Crippen LogP contribution >= 0.6 is 11.6 Å². The molecule has 0 aliphatic carbocycles. The number of hydrogen-bond acceptors (Lipinski definition) is 3. The minimum atomic E-state index is -0.0124. The van der Waals surface area contributed by atoms with Gasteiger partial charge in [0, 0.05) is 56.9 Å². The molecule has 2 aliphatic heterocycles. The first kappa shape index (κ1) is 15.2. The Balaban J connectivity index is 1.52. The largest absolute Gasteiger partial charge is 0.368 e.